The molecule has 12 nitrogen and oxygen atoms in total. The molecule has 144 valence electrons. The molecule has 26 heavy (non-hydrogen) atoms. The summed E-state index contributed by atoms with van der Waals surface area (Å²) < 4.78 is 27.9. The van der Waals surface area contributed by atoms with E-state index in [0.717, 1.165) is 4.57 Å². The highest BCUT2D eigenvalue weighted by Gasteiger charge is 2.37. The highest BCUT2D eigenvalue weighted by atomic mass is 31.2. The van der Waals surface area contributed by atoms with Gasteiger partial charge in [-0.1, -0.05) is 5.11 Å². The molecule has 4 atom stereocenters. The third-order valence-corrected chi connectivity index (χ3v) is 4.74. The maximum Gasteiger partial charge on any atom is 0.330 e. The molecular weight excluding hydrogens is 369 g/mol. The van der Waals surface area contributed by atoms with E-state index < -0.39 is 50.2 Å². The van der Waals surface area contributed by atoms with E-state index in [1.807, 2.05) is 0 Å². The molecule has 0 aromatic carbocycles. The first-order valence-electron chi connectivity index (χ1n) is 7.78. The number of aromatic amines is 1. The van der Waals surface area contributed by atoms with Crippen LogP contribution in [0, 0.1) is 6.92 Å². The van der Waals surface area contributed by atoms with Crippen molar-refractivity contribution in [3.05, 3.63) is 43.0 Å². The molecule has 0 bridgehead atoms. The third kappa shape index (κ3) is 5.04. The lowest BCUT2D eigenvalue weighted by Crippen LogP contribution is -2.33. The Kier molecular flexibility index (Phi) is 6.40. The smallest absolute Gasteiger partial charge is 0.330 e. The van der Waals surface area contributed by atoms with Gasteiger partial charge in [0.15, 0.2) is 0 Å². The zero-order valence-corrected chi connectivity index (χ0v) is 15.3. The Hall–Kier alpha value is -1.94. The molecule has 1 aromatic heterocycles. The van der Waals surface area contributed by atoms with E-state index in [-0.39, 0.29) is 6.42 Å². The Labute approximate surface area is 148 Å². The van der Waals surface area contributed by atoms with Crippen molar-refractivity contribution in [2.75, 3.05) is 6.61 Å². The Morgan fingerprint density at radius 1 is 1.58 bits per heavy atom. The summed E-state index contributed by atoms with van der Waals surface area (Å²) in [6.07, 6.45) is -0.918. The van der Waals surface area contributed by atoms with Crippen molar-refractivity contribution in [2.24, 2.45) is 5.11 Å². The number of H-pyrrole nitrogens is 1. The number of aromatic nitrogens is 2. The fourth-order valence-corrected chi connectivity index (χ4v) is 3.38. The van der Waals surface area contributed by atoms with E-state index >= 15 is 0 Å². The molecule has 2 heterocycles. The van der Waals surface area contributed by atoms with Crippen LogP contribution in [0.4, 0.5) is 0 Å². The zero-order chi connectivity index (χ0) is 19.5. The molecule has 1 saturated heterocycles. The summed E-state index contributed by atoms with van der Waals surface area (Å²) in [7, 11) is -4.54. The van der Waals surface area contributed by atoms with Gasteiger partial charge >= 0.3 is 5.69 Å². The molecule has 3 unspecified atom stereocenters. The van der Waals surface area contributed by atoms with E-state index in [9.17, 15) is 19.0 Å². The molecule has 1 aliphatic rings. The molecule has 0 radical (unpaired) electrons. The van der Waals surface area contributed by atoms with Crippen LogP contribution in [0.25, 0.3) is 10.4 Å². The first kappa shape index (κ1) is 20.4. The van der Waals surface area contributed by atoms with Gasteiger partial charge in [-0.05, 0) is 26.3 Å². The second-order valence-electron chi connectivity index (χ2n) is 6.01. The minimum absolute atomic E-state index is 0.109. The number of nitrogens with one attached hydrogen (secondary N) is 1. The van der Waals surface area contributed by atoms with Crippen LogP contribution in [-0.4, -0.2) is 34.4 Å². The number of rotatable bonds is 7. The lowest BCUT2D eigenvalue weighted by Gasteiger charge is -2.26. The lowest BCUT2D eigenvalue weighted by atomic mass is 10.1. The molecule has 0 amide bonds. The minimum Gasteiger partial charge on any atom is -0.756 e. The molecule has 2 rings (SSSR count). The van der Waals surface area contributed by atoms with Crippen LogP contribution in [-0.2, 0) is 18.3 Å². The van der Waals surface area contributed by atoms with Gasteiger partial charge in [0.05, 0.1) is 24.9 Å². The molecular formula is C13H19N5O7P-. The first-order chi connectivity index (χ1) is 12.1. The summed E-state index contributed by atoms with van der Waals surface area (Å²) in [5.74, 6) is 0. The van der Waals surface area contributed by atoms with Crippen molar-refractivity contribution in [1.82, 2.24) is 9.55 Å². The number of ether oxygens (including phenoxy) is 1. The Balaban J connectivity index is 2.17. The van der Waals surface area contributed by atoms with Crippen LogP contribution >= 0.6 is 7.82 Å². The van der Waals surface area contributed by atoms with Gasteiger partial charge in [-0.25, -0.2) is 4.79 Å². The van der Waals surface area contributed by atoms with Crippen LogP contribution in [0.5, 0.6) is 0 Å². The number of phosphoric ester groups is 1. The normalized spacial score (nSPS) is 25.0. The van der Waals surface area contributed by atoms with Gasteiger partial charge in [0.25, 0.3) is 13.4 Å². The highest BCUT2D eigenvalue weighted by Crippen LogP contribution is 2.41. The third-order valence-electron chi connectivity index (χ3n) is 3.60. The van der Waals surface area contributed by atoms with Gasteiger partial charge in [0.1, 0.15) is 6.23 Å². The van der Waals surface area contributed by atoms with Gasteiger partial charge in [-0.3, -0.25) is 18.9 Å². The largest absolute Gasteiger partial charge is 0.756 e. The Bertz CT molecular complexity index is 859. The zero-order valence-electron chi connectivity index (χ0n) is 14.4. The van der Waals surface area contributed by atoms with Crippen molar-refractivity contribution in [1.29, 1.82) is 0 Å². The number of phosphoric acid groups is 1. The molecule has 1 aromatic rings. The van der Waals surface area contributed by atoms with Crippen molar-refractivity contribution in [3.8, 4) is 0 Å². The molecule has 1 N–H and O–H groups in total. The van der Waals surface area contributed by atoms with Crippen LogP contribution in [0.3, 0.4) is 0 Å². The number of hydrogen-bond donors (Lipinski definition) is 1. The first-order valence-corrected chi connectivity index (χ1v) is 9.24. The topological polar surface area (TPSA) is 171 Å². The lowest BCUT2D eigenvalue weighted by molar-refractivity contribution is -0.230. The standard InChI is InChI=1S/C13H20N5O7P/c1-7(2)25-26(21,22)23-6-10-9(16-17-14)4-11(24-10)18-5-8(3)12(19)15-13(18)20/h5,7,9-11H,4,6H2,1-3H3,(H,21,22)(H,15,19,20)/p-1/t9-,10?,11?/m1/s1. The summed E-state index contributed by atoms with van der Waals surface area (Å²) in [6, 6.07) is -0.761. The number of azide groups is 1. The van der Waals surface area contributed by atoms with Crippen molar-refractivity contribution in [3.63, 3.8) is 0 Å². The molecule has 1 fully saturated rings. The monoisotopic (exact) mass is 388 g/mol. The fraction of sp³-hybridized carbons (Fsp3) is 0.692. The van der Waals surface area contributed by atoms with E-state index in [1.165, 1.54) is 27.0 Å². The Morgan fingerprint density at radius 2 is 2.27 bits per heavy atom. The Morgan fingerprint density at radius 3 is 2.88 bits per heavy atom. The van der Waals surface area contributed by atoms with E-state index in [2.05, 4.69) is 19.5 Å². The summed E-state index contributed by atoms with van der Waals surface area (Å²) in [6.45, 7) is 4.14. The predicted octanol–water partition coefficient (Wildman–Crippen LogP) is 0.721. The number of aryl methyl sites for hydroxylation is 1. The summed E-state index contributed by atoms with van der Waals surface area (Å²) in [4.78, 5) is 40.0. The van der Waals surface area contributed by atoms with Gasteiger partial charge in [-0.15, -0.1) is 0 Å². The van der Waals surface area contributed by atoms with Crippen LogP contribution in [0.1, 0.15) is 32.1 Å². The SMILES string of the molecule is Cc1cn(C2C[C@@H](N=[N+]=[N-])C(COP(=O)([O-])OC(C)C)O2)c(=O)[nH]c1=O. The molecule has 0 spiro atoms. The van der Waals surface area contributed by atoms with Crippen molar-refractivity contribution in [2.45, 2.75) is 51.7 Å². The number of nitrogens with zero attached hydrogens (tertiary/aromatic N) is 4. The van der Waals surface area contributed by atoms with Crippen LogP contribution in [0.15, 0.2) is 20.9 Å². The summed E-state index contributed by atoms with van der Waals surface area (Å²) >= 11 is 0. The van der Waals surface area contributed by atoms with Crippen LogP contribution < -0.4 is 16.1 Å². The number of hydrogen-bond acceptors (Lipinski definition) is 8. The minimum atomic E-state index is -4.54. The predicted molar refractivity (Wildman–Crippen MR) is 87.3 cm³/mol. The molecule has 13 heteroatoms. The summed E-state index contributed by atoms with van der Waals surface area (Å²) in [5, 5.41) is 3.57. The molecule has 0 saturated carbocycles. The maximum atomic E-state index is 12.0. The van der Waals surface area contributed by atoms with Crippen molar-refractivity contribution < 1.29 is 23.2 Å². The van der Waals surface area contributed by atoms with E-state index in [4.69, 9.17) is 14.8 Å². The summed E-state index contributed by atoms with van der Waals surface area (Å²) in [5.41, 5.74) is 7.77. The van der Waals surface area contributed by atoms with Gasteiger partial charge < -0.3 is 18.7 Å². The quantitative estimate of drug-likeness (QED) is 0.310. The molecule has 0 aliphatic carbocycles. The molecule has 1 aliphatic heterocycles. The van der Waals surface area contributed by atoms with E-state index in [0.29, 0.717) is 5.56 Å². The van der Waals surface area contributed by atoms with Gasteiger partial charge in [0, 0.05) is 23.1 Å². The average molecular weight is 388 g/mol. The van der Waals surface area contributed by atoms with Crippen molar-refractivity contribution >= 4 is 7.82 Å². The second kappa shape index (κ2) is 8.17. The highest BCUT2D eigenvalue weighted by molar-refractivity contribution is 7.45. The fourth-order valence-electron chi connectivity index (χ4n) is 2.48. The van der Waals surface area contributed by atoms with Gasteiger partial charge in [-0.2, -0.15) is 0 Å². The van der Waals surface area contributed by atoms with Crippen LogP contribution in [0.2, 0.25) is 0 Å². The average Bonchev–Trinajstić information content (AvgIpc) is 2.91. The van der Waals surface area contributed by atoms with Gasteiger partial charge in [0.2, 0.25) is 0 Å². The van der Waals surface area contributed by atoms with E-state index in [1.54, 1.807) is 0 Å². The second-order valence-corrected chi connectivity index (χ2v) is 7.38. The maximum absolute atomic E-state index is 12.0.